The van der Waals surface area contributed by atoms with E-state index in [4.69, 9.17) is 40.2 Å². The minimum atomic E-state index is 0.423. The zero-order valence-electron chi connectivity index (χ0n) is 15.8. The van der Waals surface area contributed by atoms with Gasteiger partial charge in [-0.3, -0.25) is 0 Å². The minimum absolute atomic E-state index is 0.423. The van der Waals surface area contributed by atoms with Crippen LogP contribution in [-0.2, 0) is 13.2 Å². The summed E-state index contributed by atoms with van der Waals surface area (Å²) in [6.45, 7) is 0.871. The first-order valence-corrected chi connectivity index (χ1v) is 10.4. The van der Waals surface area contributed by atoms with Crippen LogP contribution in [0.15, 0.2) is 72.8 Å². The lowest BCUT2D eigenvalue weighted by Gasteiger charge is -2.15. The molecule has 0 spiro atoms. The third-order valence-corrected chi connectivity index (χ3v) is 5.22. The lowest BCUT2D eigenvalue weighted by atomic mass is 10.2. The number of nitrogens with zero attached hydrogens (tertiary/aromatic N) is 2. The number of hydrogen-bond donors (Lipinski definition) is 2. The van der Waals surface area contributed by atoms with Crippen LogP contribution in [0.3, 0.4) is 0 Å². The SMILES string of the molecule is S=c1[nH]nc(-c2ccccc2)n1NCc1cc(Cl)ccc1OCc1ccc(Cl)cc1. The molecule has 1 aromatic heterocycles. The fourth-order valence-electron chi connectivity index (χ4n) is 2.96. The van der Waals surface area contributed by atoms with Gasteiger partial charge in [0.15, 0.2) is 5.82 Å². The number of ether oxygens (including phenoxy) is 1. The van der Waals surface area contributed by atoms with E-state index in [2.05, 4.69) is 15.6 Å². The molecule has 2 N–H and O–H groups in total. The molecule has 8 heteroatoms. The van der Waals surface area contributed by atoms with E-state index in [1.165, 1.54) is 0 Å². The quantitative estimate of drug-likeness (QED) is 0.323. The highest BCUT2D eigenvalue weighted by Crippen LogP contribution is 2.25. The highest BCUT2D eigenvalue weighted by Gasteiger charge is 2.11. The van der Waals surface area contributed by atoms with Crippen LogP contribution >= 0.6 is 35.4 Å². The van der Waals surface area contributed by atoms with E-state index >= 15 is 0 Å². The Morgan fingerprint density at radius 3 is 2.47 bits per heavy atom. The number of rotatable bonds is 7. The van der Waals surface area contributed by atoms with Gasteiger partial charge in [0, 0.05) is 21.2 Å². The van der Waals surface area contributed by atoms with E-state index in [0.29, 0.717) is 33.8 Å². The number of aromatic amines is 1. The Kier molecular flexibility index (Phi) is 6.38. The fraction of sp³-hybridized carbons (Fsp3) is 0.0909. The monoisotopic (exact) mass is 456 g/mol. The van der Waals surface area contributed by atoms with Crippen molar-refractivity contribution >= 4 is 35.4 Å². The molecule has 4 aromatic rings. The Labute approximate surface area is 189 Å². The van der Waals surface area contributed by atoms with Gasteiger partial charge in [-0.2, -0.15) is 5.10 Å². The van der Waals surface area contributed by atoms with E-state index in [1.807, 2.05) is 66.7 Å². The molecule has 0 atom stereocenters. The maximum Gasteiger partial charge on any atom is 0.214 e. The molecule has 0 aliphatic carbocycles. The lowest BCUT2D eigenvalue weighted by molar-refractivity contribution is 0.303. The number of hydrogen-bond acceptors (Lipinski definition) is 4. The molecular weight excluding hydrogens is 439 g/mol. The highest BCUT2D eigenvalue weighted by atomic mass is 35.5. The topological polar surface area (TPSA) is 54.9 Å². The summed E-state index contributed by atoms with van der Waals surface area (Å²) >= 11 is 17.6. The van der Waals surface area contributed by atoms with Crippen LogP contribution in [0.2, 0.25) is 10.0 Å². The molecule has 0 amide bonds. The van der Waals surface area contributed by atoms with Crippen molar-refractivity contribution in [1.29, 1.82) is 0 Å². The summed E-state index contributed by atoms with van der Waals surface area (Å²) in [6, 6.07) is 22.9. The first-order chi connectivity index (χ1) is 14.6. The third kappa shape index (κ3) is 4.84. The molecule has 152 valence electrons. The van der Waals surface area contributed by atoms with Crippen LogP contribution in [0.25, 0.3) is 11.4 Å². The summed E-state index contributed by atoms with van der Waals surface area (Å²) in [4.78, 5) is 0. The summed E-state index contributed by atoms with van der Waals surface area (Å²) in [6.07, 6.45) is 0. The normalized spacial score (nSPS) is 10.7. The molecule has 0 saturated heterocycles. The van der Waals surface area contributed by atoms with Crippen LogP contribution in [0, 0.1) is 4.77 Å². The smallest absolute Gasteiger partial charge is 0.214 e. The molecule has 0 fully saturated rings. The zero-order chi connectivity index (χ0) is 20.9. The van der Waals surface area contributed by atoms with E-state index < -0.39 is 0 Å². The first kappa shape index (κ1) is 20.5. The van der Waals surface area contributed by atoms with Crippen LogP contribution < -0.4 is 10.2 Å². The highest BCUT2D eigenvalue weighted by molar-refractivity contribution is 7.71. The Bertz CT molecular complexity index is 1190. The van der Waals surface area contributed by atoms with E-state index in [0.717, 1.165) is 22.4 Å². The Morgan fingerprint density at radius 2 is 1.70 bits per heavy atom. The molecule has 0 unspecified atom stereocenters. The average Bonchev–Trinajstić information content (AvgIpc) is 3.13. The number of benzene rings is 3. The van der Waals surface area contributed by atoms with E-state index in [9.17, 15) is 0 Å². The number of H-pyrrole nitrogens is 1. The second kappa shape index (κ2) is 9.34. The number of nitrogens with one attached hydrogen (secondary N) is 2. The Balaban J connectivity index is 1.53. The second-order valence-corrected chi connectivity index (χ2v) is 7.82. The van der Waals surface area contributed by atoms with Gasteiger partial charge in [0.25, 0.3) is 0 Å². The Hall–Kier alpha value is -2.80. The van der Waals surface area contributed by atoms with Crippen molar-refractivity contribution in [2.75, 3.05) is 5.43 Å². The minimum Gasteiger partial charge on any atom is -0.489 e. The Morgan fingerprint density at radius 1 is 0.967 bits per heavy atom. The summed E-state index contributed by atoms with van der Waals surface area (Å²) in [5.74, 6) is 1.43. The van der Waals surface area contributed by atoms with Crippen molar-refractivity contribution < 1.29 is 4.74 Å². The van der Waals surface area contributed by atoms with Crippen molar-refractivity contribution in [2.45, 2.75) is 13.2 Å². The van der Waals surface area contributed by atoms with Gasteiger partial charge in [-0.15, -0.1) is 0 Å². The predicted molar refractivity (Wildman–Crippen MR) is 123 cm³/mol. The molecule has 3 aromatic carbocycles. The first-order valence-electron chi connectivity index (χ1n) is 9.22. The lowest BCUT2D eigenvalue weighted by Crippen LogP contribution is -2.16. The van der Waals surface area contributed by atoms with Gasteiger partial charge in [-0.25, -0.2) is 9.77 Å². The van der Waals surface area contributed by atoms with Crippen LogP contribution in [-0.4, -0.2) is 14.9 Å². The van der Waals surface area contributed by atoms with Gasteiger partial charge in [0.05, 0.1) is 6.54 Å². The summed E-state index contributed by atoms with van der Waals surface area (Å²) in [5, 5.41) is 8.50. The van der Waals surface area contributed by atoms with Crippen LogP contribution in [0.4, 0.5) is 0 Å². The largest absolute Gasteiger partial charge is 0.489 e. The fourth-order valence-corrected chi connectivity index (χ4v) is 3.47. The number of aromatic nitrogens is 3. The molecular formula is C22H18Cl2N4OS. The number of halogens is 2. The standard InChI is InChI=1S/C22H18Cl2N4OS/c23-18-8-6-15(7-9-18)14-29-20-11-10-19(24)12-17(20)13-25-28-21(26-27-22(28)30)16-4-2-1-3-5-16/h1-12,25H,13-14H2,(H,27,30). The van der Waals surface area contributed by atoms with Gasteiger partial charge in [0.2, 0.25) is 4.77 Å². The van der Waals surface area contributed by atoms with Crippen molar-refractivity contribution in [1.82, 2.24) is 14.9 Å². The summed E-state index contributed by atoms with van der Waals surface area (Å²) in [7, 11) is 0. The van der Waals surface area contributed by atoms with E-state index in [-0.39, 0.29) is 0 Å². The van der Waals surface area contributed by atoms with Crippen molar-refractivity contribution in [3.05, 3.63) is 98.7 Å². The van der Waals surface area contributed by atoms with Gasteiger partial charge in [-0.1, -0.05) is 65.7 Å². The second-order valence-electron chi connectivity index (χ2n) is 6.56. The maximum atomic E-state index is 6.23. The molecule has 1 heterocycles. The van der Waals surface area contributed by atoms with Crippen LogP contribution in [0.1, 0.15) is 11.1 Å². The van der Waals surface area contributed by atoms with E-state index in [1.54, 1.807) is 10.7 Å². The molecule has 5 nitrogen and oxygen atoms in total. The summed E-state index contributed by atoms with van der Waals surface area (Å²) < 4.78 is 8.25. The summed E-state index contributed by atoms with van der Waals surface area (Å²) in [5.41, 5.74) is 6.19. The van der Waals surface area contributed by atoms with Gasteiger partial charge in [-0.05, 0) is 48.1 Å². The van der Waals surface area contributed by atoms with Gasteiger partial charge in [0.1, 0.15) is 12.4 Å². The van der Waals surface area contributed by atoms with Crippen molar-refractivity contribution in [3.8, 4) is 17.1 Å². The van der Waals surface area contributed by atoms with Gasteiger partial charge < -0.3 is 10.2 Å². The predicted octanol–water partition coefficient (Wildman–Crippen LogP) is 6.24. The maximum absolute atomic E-state index is 6.23. The molecule has 4 rings (SSSR count). The van der Waals surface area contributed by atoms with Crippen molar-refractivity contribution in [2.24, 2.45) is 0 Å². The van der Waals surface area contributed by atoms with Crippen molar-refractivity contribution in [3.63, 3.8) is 0 Å². The molecule has 0 radical (unpaired) electrons. The molecule has 0 bridgehead atoms. The molecule has 30 heavy (non-hydrogen) atoms. The molecule has 0 aliphatic heterocycles. The average molecular weight is 457 g/mol. The third-order valence-electron chi connectivity index (χ3n) is 4.46. The zero-order valence-corrected chi connectivity index (χ0v) is 18.1. The molecule has 0 aliphatic rings. The van der Waals surface area contributed by atoms with Crippen LogP contribution in [0.5, 0.6) is 5.75 Å². The van der Waals surface area contributed by atoms with Gasteiger partial charge >= 0.3 is 0 Å². The molecule has 0 saturated carbocycles.